The SMILES string of the molecule is C=C[C@@H](OO)[C@H](O)CCO[Si](C)(C)C(C)(C)C. The van der Waals surface area contributed by atoms with Crippen molar-refractivity contribution in [1.29, 1.82) is 0 Å². The van der Waals surface area contributed by atoms with Gasteiger partial charge in [0, 0.05) is 6.61 Å². The fourth-order valence-corrected chi connectivity index (χ4v) is 2.15. The molecular formula is C12H26O4Si. The Kier molecular flexibility index (Phi) is 6.58. The smallest absolute Gasteiger partial charge is 0.191 e. The van der Waals surface area contributed by atoms with E-state index in [9.17, 15) is 5.11 Å². The molecule has 0 heterocycles. The van der Waals surface area contributed by atoms with Crippen LogP contribution in [0.4, 0.5) is 0 Å². The maximum atomic E-state index is 9.69. The Morgan fingerprint density at radius 2 is 1.88 bits per heavy atom. The van der Waals surface area contributed by atoms with E-state index in [1.54, 1.807) is 0 Å². The fraction of sp³-hybridized carbons (Fsp3) is 0.833. The van der Waals surface area contributed by atoms with Crippen LogP contribution in [0.2, 0.25) is 18.1 Å². The Morgan fingerprint density at radius 1 is 1.35 bits per heavy atom. The number of hydrogen-bond donors (Lipinski definition) is 2. The molecule has 0 radical (unpaired) electrons. The molecule has 0 unspecified atom stereocenters. The maximum Gasteiger partial charge on any atom is 0.191 e. The van der Waals surface area contributed by atoms with Gasteiger partial charge in [-0.25, -0.2) is 4.89 Å². The fourth-order valence-electron chi connectivity index (χ4n) is 1.09. The average Bonchev–Trinajstić information content (AvgIpc) is 2.17. The molecule has 4 nitrogen and oxygen atoms in total. The molecule has 0 fully saturated rings. The number of aliphatic hydroxyl groups excluding tert-OH is 1. The lowest BCUT2D eigenvalue weighted by molar-refractivity contribution is -0.283. The number of aliphatic hydroxyl groups is 1. The van der Waals surface area contributed by atoms with E-state index >= 15 is 0 Å². The van der Waals surface area contributed by atoms with Crippen molar-refractivity contribution in [3.63, 3.8) is 0 Å². The molecule has 0 aromatic carbocycles. The van der Waals surface area contributed by atoms with Gasteiger partial charge in [-0.1, -0.05) is 26.8 Å². The summed E-state index contributed by atoms with van der Waals surface area (Å²) in [7, 11) is -1.77. The van der Waals surface area contributed by atoms with Crippen molar-refractivity contribution in [3.05, 3.63) is 12.7 Å². The Labute approximate surface area is 105 Å². The molecule has 0 saturated carbocycles. The van der Waals surface area contributed by atoms with Crippen LogP contribution >= 0.6 is 0 Å². The van der Waals surface area contributed by atoms with Gasteiger partial charge < -0.3 is 9.53 Å². The van der Waals surface area contributed by atoms with Crippen molar-refractivity contribution >= 4 is 8.32 Å². The first-order chi connectivity index (χ1) is 7.65. The number of hydrogen-bond acceptors (Lipinski definition) is 4. The first-order valence-electron chi connectivity index (χ1n) is 5.90. The highest BCUT2D eigenvalue weighted by molar-refractivity contribution is 6.74. The molecule has 0 bridgehead atoms. The molecule has 2 atom stereocenters. The van der Waals surface area contributed by atoms with E-state index in [-0.39, 0.29) is 5.04 Å². The summed E-state index contributed by atoms with van der Waals surface area (Å²) in [6.45, 7) is 14.8. The molecule has 102 valence electrons. The molecule has 0 aliphatic carbocycles. The average molecular weight is 262 g/mol. The predicted octanol–water partition coefficient (Wildman–Crippen LogP) is 2.80. The zero-order chi connectivity index (χ0) is 13.7. The molecule has 0 saturated heterocycles. The third kappa shape index (κ3) is 5.31. The molecule has 0 spiro atoms. The van der Waals surface area contributed by atoms with Crippen LogP contribution in [0.15, 0.2) is 12.7 Å². The van der Waals surface area contributed by atoms with Crippen LogP contribution in [0.3, 0.4) is 0 Å². The summed E-state index contributed by atoms with van der Waals surface area (Å²) in [4.78, 5) is 4.10. The van der Waals surface area contributed by atoms with Gasteiger partial charge in [-0.3, -0.25) is 5.26 Å². The van der Waals surface area contributed by atoms with Gasteiger partial charge in [0.2, 0.25) is 0 Å². The van der Waals surface area contributed by atoms with Gasteiger partial charge in [-0.2, -0.15) is 0 Å². The Morgan fingerprint density at radius 3 is 2.24 bits per heavy atom. The van der Waals surface area contributed by atoms with Crippen LogP contribution in [0.5, 0.6) is 0 Å². The van der Waals surface area contributed by atoms with E-state index in [2.05, 4.69) is 45.3 Å². The summed E-state index contributed by atoms with van der Waals surface area (Å²) in [5, 5.41) is 18.4. The second-order valence-electron chi connectivity index (χ2n) is 5.77. The monoisotopic (exact) mass is 262 g/mol. The van der Waals surface area contributed by atoms with E-state index in [0.717, 1.165) is 0 Å². The van der Waals surface area contributed by atoms with Gasteiger partial charge >= 0.3 is 0 Å². The largest absolute Gasteiger partial charge is 0.417 e. The lowest BCUT2D eigenvalue weighted by Gasteiger charge is -2.36. The topological polar surface area (TPSA) is 58.9 Å². The minimum atomic E-state index is -1.77. The standard InChI is InChI=1S/C12H26O4Si/c1-7-11(16-14)10(13)8-9-15-17(5,6)12(2,3)4/h7,10-11,13-14H,1,8-9H2,2-6H3/t10-,11-/m1/s1. The van der Waals surface area contributed by atoms with Gasteiger partial charge in [-0.15, -0.1) is 6.58 Å². The third-order valence-electron chi connectivity index (χ3n) is 3.42. The molecule has 17 heavy (non-hydrogen) atoms. The summed E-state index contributed by atoms with van der Waals surface area (Å²) in [5.74, 6) is 0. The lowest BCUT2D eigenvalue weighted by atomic mass is 10.1. The second kappa shape index (κ2) is 6.66. The molecule has 5 heteroatoms. The number of rotatable bonds is 7. The van der Waals surface area contributed by atoms with E-state index in [0.29, 0.717) is 13.0 Å². The van der Waals surface area contributed by atoms with Crippen LogP contribution in [-0.4, -0.2) is 37.5 Å². The highest BCUT2D eigenvalue weighted by Gasteiger charge is 2.37. The highest BCUT2D eigenvalue weighted by Crippen LogP contribution is 2.36. The Balaban J connectivity index is 4.11. The van der Waals surface area contributed by atoms with E-state index < -0.39 is 20.5 Å². The van der Waals surface area contributed by atoms with Gasteiger partial charge in [-0.05, 0) is 24.6 Å². The van der Waals surface area contributed by atoms with E-state index in [4.69, 9.17) is 9.68 Å². The zero-order valence-corrected chi connectivity index (χ0v) is 12.6. The summed E-state index contributed by atoms with van der Waals surface area (Å²) in [6.07, 6.45) is 0.251. The molecule has 0 aliphatic rings. The summed E-state index contributed by atoms with van der Waals surface area (Å²) in [6, 6.07) is 0. The summed E-state index contributed by atoms with van der Waals surface area (Å²) >= 11 is 0. The van der Waals surface area contributed by atoms with Crippen LogP contribution in [0, 0.1) is 0 Å². The molecule has 0 rings (SSSR count). The third-order valence-corrected chi connectivity index (χ3v) is 7.95. The van der Waals surface area contributed by atoms with Crippen molar-refractivity contribution in [2.24, 2.45) is 0 Å². The maximum absolute atomic E-state index is 9.69. The quantitative estimate of drug-likeness (QED) is 0.320. The van der Waals surface area contributed by atoms with Crippen molar-refractivity contribution in [3.8, 4) is 0 Å². The zero-order valence-electron chi connectivity index (χ0n) is 11.6. The van der Waals surface area contributed by atoms with Gasteiger partial charge in [0.15, 0.2) is 8.32 Å². The lowest BCUT2D eigenvalue weighted by Crippen LogP contribution is -2.41. The second-order valence-corrected chi connectivity index (χ2v) is 10.6. The minimum Gasteiger partial charge on any atom is -0.417 e. The molecule has 0 aromatic rings. The molecule has 0 amide bonds. The Hall–Kier alpha value is -0.203. The van der Waals surface area contributed by atoms with Crippen molar-refractivity contribution in [2.45, 2.75) is 57.5 Å². The highest BCUT2D eigenvalue weighted by atomic mass is 28.4. The first-order valence-corrected chi connectivity index (χ1v) is 8.81. The molecule has 0 aromatic heterocycles. The van der Waals surface area contributed by atoms with Gasteiger partial charge in [0.05, 0.1) is 6.10 Å². The normalized spacial score (nSPS) is 16.6. The van der Waals surface area contributed by atoms with Crippen LogP contribution < -0.4 is 0 Å². The molecule has 2 N–H and O–H groups in total. The molecule has 0 aliphatic heterocycles. The van der Waals surface area contributed by atoms with Gasteiger partial charge in [0.1, 0.15) is 6.10 Å². The predicted molar refractivity (Wildman–Crippen MR) is 71.5 cm³/mol. The van der Waals surface area contributed by atoms with Crippen molar-refractivity contribution < 1.29 is 19.7 Å². The van der Waals surface area contributed by atoms with Crippen LogP contribution in [0.25, 0.3) is 0 Å². The van der Waals surface area contributed by atoms with E-state index in [1.807, 2.05) is 0 Å². The Bertz CT molecular complexity index is 235. The van der Waals surface area contributed by atoms with E-state index in [1.165, 1.54) is 6.08 Å². The first kappa shape index (κ1) is 16.8. The van der Waals surface area contributed by atoms with Crippen molar-refractivity contribution in [1.82, 2.24) is 0 Å². The van der Waals surface area contributed by atoms with Crippen LogP contribution in [0.1, 0.15) is 27.2 Å². The summed E-state index contributed by atoms with van der Waals surface area (Å²) < 4.78 is 5.91. The van der Waals surface area contributed by atoms with Crippen molar-refractivity contribution in [2.75, 3.05) is 6.61 Å². The van der Waals surface area contributed by atoms with Crippen LogP contribution in [-0.2, 0) is 9.31 Å². The summed E-state index contributed by atoms with van der Waals surface area (Å²) in [5.41, 5.74) is 0. The molecular weight excluding hydrogens is 236 g/mol. The minimum absolute atomic E-state index is 0.156. The van der Waals surface area contributed by atoms with Gasteiger partial charge in [0.25, 0.3) is 0 Å².